The molecule has 94 valence electrons. The number of nitrogens with one attached hydrogen (secondary N) is 1. The van der Waals surface area contributed by atoms with Gasteiger partial charge in [0.2, 0.25) is 0 Å². The summed E-state index contributed by atoms with van der Waals surface area (Å²) in [5, 5.41) is 3.24. The molecule has 0 heterocycles. The Hall–Kier alpha value is -1.80. The Morgan fingerprint density at radius 3 is 2.28 bits per heavy atom. The molecule has 2 nitrogen and oxygen atoms in total. The van der Waals surface area contributed by atoms with E-state index in [1.807, 2.05) is 25.2 Å². The third-order valence-corrected chi connectivity index (χ3v) is 3.26. The summed E-state index contributed by atoms with van der Waals surface area (Å²) in [5.41, 5.74) is 3.60. The van der Waals surface area contributed by atoms with Gasteiger partial charge in [0.1, 0.15) is 5.75 Å². The van der Waals surface area contributed by atoms with Crippen LogP contribution in [0.25, 0.3) is 11.1 Å². The quantitative estimate of drug-likeness (QED) is 0.882. The number of para-hydroxylation sites is 1. The van der Waals surface area contributed by atoms with E-state index in [-0.39, 0.29) is 0 Å². The summed E-state index contributed by atoms with van der Waals surface area (Å²) in [6, 6.07) is 17.0. The van der Waals surface area contributed by atoms with Crippen molar-refractivity contribution in [2.75, 3.05) is 14.2 Å². The molecule has 2 rings (SSSR count). The first kappa shape index (κ1) is 12.7. The third kappa shape index (κ3) is 2.54. The Kier molecular flexibility index (Phi) is 4.00. The van der Waals surface area contributed by atoms with Crippen LogP contribution in [0.3, 0.4) is 0 Å². The van der Waals surface area contributed by atoms with Crippen LogP contribution in [-0.2, 0) is 0 Å². The molecule has 0 saturated heterocycles. The number of ether oxygens (including phenoxy) is 1. The van der Waals surface area contributed by atoms with Crippen LogP contribution in [0.4, 0.5) is 0 Å². The Morgan fingerprint density at radius 1 is 1.00 bits per heavy atom. The Morgan fingerprint density at radius 2 is 1.67 bits per heavy atom. The van der Waals surface area contributed by atoms with Gasteiger partial charge in [-0.1, -0.05) is 42.5 Å². The van der Waals surface area contributed by atoms with Crippen LogP contribution in [0, 0.1) is 0 Å². The second-order valence-electron chi connectivity index (χ2n) is 4.33. The average molecular weight is 241 g/mol. The lowest BCUT2D eigenvalue weighted by Gasteiger charge is -2.12. The van der Waals surface area contributed by atoms with Gasteiger partial charge >= 0.3 is 0 Å². The number of methoxy groups -OCH3 is 1. The lowest BCUT2D eigenvalue weighted by atomic mass is 10.0. The highest BCUT2D eigenvalue weighted by atomic mass is 16.5. The SMILES string of the molecule is CN[C@H](C)c1ccc(-c2ccccc2OC)cc1. The predicted octanol–water partition coefficient (Wildman–Crippen LogP) is 3.64. The van der Waals surface area contributed by atoms with Crippen molar-refractivity contribution >= 4 is 0 Å². The summed E-state index contributed by atoms with van der Waals surface area (Å²) < 4.78 is 5.39. The van der Waals surface area contributed by atoms with Crippen molar-refractivity contribution in [3.63, 3.8) is 0 Å². The van der Waals surface area contributed by atoms with Crippen molar-refractivity contribution in [3.05, 3.63) is 54.1 Å². The van der Waals surface area contributed by atoms with Gasteiger partial charge in [-0.3, -0.25) is 0 Å². The van der Waals surface area contributed by atoms with Crippen LogP contribution >= 0.6 is 0 Å². The van der Waals surface area contributed by atoms with E-state index in [4.69, 9.17) is 4.74 Å². The van der Waals surface area contributed by atoms with Gasteiger partial charge in [-0.05, 0) is 31.2 Å². The van der Waals surface area contributed by atoms with Crippen LogP contribution in [0.1, 0.15) is 18.5 Å². The molecule has 0 bridgehead atoms. The standard InChI is InChI=1S/C16H19NO/c1-12(17-2)13-8-10-14(11-9-13)15-6-4-5-7-16(15)18-3/h4-12,17H,1-3H3/t12-/m1/s1. The molecule has 2 aromatic carbocycles. The van der Waals surface area contributed by atoms with E-state index in [9.17, 15) is 0 Å². The summed E-state index contributed by atoms with van der Waals surface area (Å²) in [7, 11) is 3.68. The van der Waals surface area contributed by atoms with E-state index >= 15 is 0 Å². The maximum absolute atomic E-state index is 5.39. The first-order chi connectivity index (χ1) is 8.76. The molecule has 0 aliphatic carbocycles. The van der Waals surface area contributed by atoms with Crippen LogP contribution in [0.15, 0.2) is 48.5 Å². The summed E-state index contributed by atoms with van der Waals surface area (Å²) in [6.07, 6.45) is 0. The van der Waals surface area contributed by atoms with Crippen LogP contribution in [0.5, 0.6) is 5.75 Å². The van der Waals surface area contributed by atoms with Crippen LogP contribution in [-0.4, -0.2) is 14.2 Å². The lowest BCUT2D eigenvalue weighted by molar-refractivity contribution is 0.416. The zero-order valence-electron chi connectivity index (χ0n) is 11.1. The van der Waals surface area contributed by atoms with Crippen LogP contribution in [0.2, 0.25) is 0 Å². The lowest BCUT2D eigenvalue weighted by Crippen LogP contribution is -2.11. The number of rotatable bonds is 4. The van der Waals surface area contributed by atoms with Gasteiger partial charge in [0.05, 0.1) is 7.11 Å². The van der Waals surface area contributed by atoms with E-state index in [0.29, 0.717) is 6.04 Å². The predicted molar refractivity (Wildman–Crippen MR) is 75.9 cm³/mol. The third-order valence-electron chi connectivity index (χ3n) is 3.26. The molecule has 0 unspecified atom stereocenters. The van der Waals surface area contributed by atoms with Gasteiger partial charge in [-0.25, -0.2) is 0 Å². The second-order valence-corrected chi connectivity index (χ2v) is 4.33. The molecule has 0 aromatic heterocycles. The fourth-order valence-electron chi connectivity index (χ4n) is 2.00. The van der Waals surface area contributed by atoms with Crippen molar-refractivity contribution < 1.29 is 4.74 Å². The van der Waals surface area contributed by atoms with E-state index in [0.717, 1.165) is 11.3 Å². The van der Waals surface area contributed by atoms with Crippen molar-refractivity contribution in [3.8, 4) is 16.9 Å². The summed E-state index contributed by atoms with van der Waals surface area (Å²) in [4.78, 5) is 0. The molecule has 0 radical (unpaired) electrons. The van der Waals surface area contributed by atoms with Gasteiger partial charge in [0.25, 0.3) is 0 Å². The van der Waals surface area contributed by atoms with Gasteiger partial charge in [0.15, 0.2) is 0 Å². The Balaban J connectivity index is 2.34. The number of benzene rings is 2. The molecular formula is C16H19NO. The van der Waals surface area contributed by atoms with Gasteiger partial charge in [-0.15, -0.1) is 0 Å². The van der Waals surface area contributed by atoms with Gasteiger partial charge in [0, 0.05) is 11.6 Å². The first-order valence-corrected chi connectivity index (χ1v) is 6.17. The highest BCUT2D eigenvalue weighted by Gasteiger charge is 2.06. The van der Waals surface area contributed by atoms with E-state index in [1.54, 1.807) is 7.11 Å². The van der Waals surface area contributed by atoms with Crippen molar-refractivity contribution in [1.29, 1.82) is 0 Å². The normalized spacial score (nSPS) is 12.2. The van der Waals surface area contributed by atoms with Gasteiger partial charge in [-0.2, -0.15) is 0 Å². The molecule has 0 aliphatic heterocycles. The molecule has 2 heteroatoms. The molecular weight excluding hydrogens is 222 g/mol. The molecule has 0 amide bonds. The molecule has 0 spiro atoms. The fourth-order valence-corrected chi connectivity index (χ4v) is 2.00. The molecule has 1 N–H and O–H groups in total. The minimum absolute atomic E-state index is 0.372. The molecule has 0 aliphatic rings. The molecule has 2 aromatic rings. The first-order valence-electron chi connectivity index (χ1n) is 6.17. The zero-order chi connectivity index (χ0) is 13.0. The maximum atomic E-state index is 5.39. The average Bonchev–Trinajstić information content (AvgIpc) is 2.46. The minimum atomic E-state index is 0.372. The smallest absolute Gasteiger partial charge is 0.126 e. The van der Waals surface area contributed by atoms with Crippen molar-refractivity contribution in [2.24, 2.45) is 0 Å². The Bertz CT molecular complexity index is 505. The molecule has 0 saturated carbocycles. The summed E-state index contributed by atoms with van der Waals surface area (Å²) >= 11 is 0. The molecule has 18 heavy (non-hydrogen) atoms. The second kappa shape index (κ2) is 5.69. The summed E-state index contributed by atoms with van der Waals surface area (Å²) in [5.74, 6) is 0.909. The zero-order valence-corrected chi connectivity index (χ0v) is 11.1. The highest BCUT2D eigenvalue weighted by molar-refractivity contribution is 5.70. The van der Waals surface area contributed by atoms with E-state index < -0.39 is 0 Å². The number of hydrogen-bond donors (Lipinski definition) is 1. The molecule has 1 atom stereocenters. The maximum Gasteiger partial charge on any atom is 0.126 e. The monoisotopic (exact) mass is 241 g/mol. The Labute approximate surface area is 109 Å². The van der Waals surface area contributed by atoms with Crippen LogP contribution < -0.4 is 10.1 Å². The van der Waals surface area contributed by atoms with E-state index in [2.05, 4.69) is 42.6 Å². The minimum Gasteiger partial charge on any atom is -0.496 e. The highest BCUT2D eigenvalue weighted by Crippen LogP contribution is 2.30. The van der Waals surface area contributed by atoms with Crippen molar-refractivity contribution in [2.45, 2.75) is 13.0 Å². The van der Waals surface area contributed by atoms with Gasteiger partial charge < -0.3 is 10.1 Å². The topological polar surface area (TPSA) is 21.3 Å². The van der Waals surface area contributed by atoms with Crippen molar-refractivity contribution in [1.82, 2.24) is 5.32 Å². The fraction of sp³-hybridized carbons (Fsp3) is 0.250. The number of hydrogen-bond acceptors (Lipinski definition) is 2. The molecule has 0 fully saturated rings. The van der Waals surface area contributed by atoms with E-state index in [1.165, 1.54) is 11.1 Å². The largest absolute Gasteiger partial charge is 0.496 e. The summed E-state index contributed by atoms with van der Waals surface area (Å²) in [6.45, 7) is 2.15.